The molecule has 2 heterocycles. The molecule has 13 N–H and O–H groups in total. The summed E-state index contributed by atoms with van der Waals surface area (Å²) in [5.41, 5.74) is 13.0. The number of rotatable bonds is 25. The van der Waals surface area contributed by atoms with E-state index >= 15 is 0 Å². The van der Waals surface area contributed by atoms with Crippen molar-refractivity contribution in [2.75, 3.05) is 25.1 Å². The number of benzene rings is 1. The molecule has 0 spiro atoms. The van der Waals surface area contributed by atoms with Gasteiger partial charge in [0.05, 0.1) is 18.2 Å². The number of likely N-dealkylation sites (tertiary alicyclic amines) is 1. The number of para-hydroxylation sites is 1. The molecule has 6 amide bonds. The third-order valence-electron chi connectivity index (χ3n) is 10.5. The molecular weight excluding hydrogens is 811 g/mol. The molecule has 1 saturated heterocycles. The van der Waals surface area contributed by atoms with Crippen LogP contribution in [0.15, 0.2) is 30.5 Å². The van der Waals surface area contributed by atoms with E-state index < -0.39 is 95.9 Å². The maximum atomic E-state index is 14.2. The van der Waals surface area contributed by atoms with Gasteiger partial charge in [0.15, 0.2) is 0 Å². The fourth-order valence-electron chi connectivity index (χ4n) is 7.17. The van der Waals surface area contributed by atoms with Crippen molar-refractivity contribution in [3.63, 3.8) is 0 Å². The molecule has 2 aromatic rings. The average molecular weight is 876 g/mol. The largest absolute Gasteiger partial charge is 0.480 e. The molecule has 1 aromatic heterocycles. The molecule has 340 valence electrons. The first-order valence-corrected chi connectivity index (χ1v) is 22.2. The number of carboxylic acid groups (broad SMARTS) is 1. The third kappa shape index (κ3) is 15.0. The number of aliphatic hydroxyl groups is 2. The number of nitrogens with two attached hydrogens (primary N) is 2. The van der Waals surface area contributed by atoms with Gasteiger partial charge in [0, 0.05) is 30.1 Å². The topological polar surface area (TPSA) is 311 Å². The Morgan fingerprint density at radius 2 is 1.46 bits per heavy atom. The summed E-state index contributed by atoms with van der Waals surface area (Å²) in [7, 11) is 0. The van der Waals surface area contributed by atoms with Crippen molar-refractivity contribution < 1.29 is 48.9 Å². The van der Waals surface area contributed by atoms with Crippen molar-refractivity contribution in [2.45, 2.75) is 134 Å². The molecule has 0 radical (unpaired) electrons. The van der Waals surface area contributed by atoms with Gasteiger partial charge < -0.3 is 63.3 Å². The summed E-state index contributed by atoms with van der Waals surface area (Å²) in [4.78, 5) is 98.3. The molecule has 19 nitrogen and oxygen atoms in total. The van der Waals surface area contributed by atoms with E-state index in [4.69, 9.17) is 11.5 Å². The van der Waals surface area contributed by atoms with Crippen molar-refractivity contribution in [3.05, 3.63) is 36.0 Å². The summed E-state index contributed by atoms with van der Waals surface area (Å²) >= 11 is 1.40. The van der Waals surface area contributed by atoms with E-state index in [1.807, 2.05) is 38.1 Å². The summed E-state index contributed by atoms with van der Waals surface area (Å²) in [6, 6.07) is -1.40. The number of hydrogen-bond donors (Lipinski definition) is 11. The van der Waals surface area contributed by atoms with Crippen molar-refractivity contribution >= 4 is 64.1 Å². The minimum atomic E-state index is -1.62. The smallest absolute Gasteiger partial charge is 0.326 e. The van der Waals surface area contributed by atoms with E-state index in [2.05, 4.69) is 31.6 Å². The van der Waals surface area contributed by atoms with Crippen LogP contribution in [0.4, 0.5) is 0 Å². The maximum absolute atomic E-state index is 14.2. The van der Waals surface area contributed by atoms with Crippen LogP contribution < -0.4 is 38.1 Å². The van der Waals surface area contributed by atoms with E-state index in [-0.39, 0.29) is 44.6 Å². The molecule has 1 fully saturated rings. The SMILES string of the molecule is CSCC[C@H](NC(=O)[C@@H](NC(=O)[C@@H](NC(=O)[C@@H](N)CCCCN)[C@@H](C)O)[C@@H](C)O)C(=O)N1CCC[C@H]1C(=O)N[C@@H](CC(C)C)C(=O)N[C@@H](Cc1c[nH]c2ccccc12)C(=O)O. The Morgan fingerprint density at radius 1 is 0.836 bits per heavy atom. The Bertz CT molecular complexity index is 1810. The van der Waals surface area contributed by atoms with Crippen LogP contribution >= 0.6 is 11.8 Å². The number of aromatic amines is 1. The highest BCUT2D eigenvalue weighted by Gasteiger charge is 2.41. The minimum absolute atomic E-state index is 0.0105. The summed E-state index contributed by atoms with van der Waals surface area (Å²) in [5.74, 6) is -5.43. The second-order valence-corrected chi connectivity index (χ2v) is 17.0. The third-order valence-corrected chi connectivity index (χ3v) is 11.2. The number of carbonyl (C=O) groups excluding carboxylic acids is 6. The zero-order valence-electron chi connectivity index (χ0n) is 35.6. The molecule has 9 atom stereocenters. The highest BCUT2D eigenvalue weighted by molar-refractivity contribution is 7.98. The summed E-state index contributed by atoms with van der Waals surface area (Å²) < 4.78 is 0. The number of aliphatic hydroxyl groups excluding tert-OH is 2. The van der Waals surface area contributed by atoms with Gasteiger partial charge in [0.1, 0.15) is 36.3 Å². The van der Waals surface area contributed by atoms with Crippen LogP contribution in [0.1, 0.15) is 78.2 Å². The molecule has 1 aliphatic heterocycles. The number of carbonyl (C=O) groups is 7. The standard InChI is InChI=1S/C41H65N9O10S/c1-22(2)19-30(36(54)47-31(41(59)60)20-25-21-44-28-13-7-6-11-26(25)28)46-37(55)32-14-10-17-50(32)40(58)29(15-18-61-5)45-38(56)33(23(3)51)49-39(57)34(24(4)52)48-35(53)27(43)12-8-9-16-42/h6-7,11,13,21-24,27,29-34,44,51-52H,8-10,12,14-20,42-43H2,1-5H3,(H,45,56)(H,46,55)(H,47,54)(H,48,53)(H,49,57)(H,59,60)/t23-,24-,27+,29+,30+,31+,32+,33+,34+/m1/s1. The van der Waals surface area contributed by atoms with Crippen LogP contribution in [-0.2, 0) is 40.0 Å². The average Bonchev–Trinajstić information content (AvgIpc) is 3.87. The zero-order valence-corrected chi connectivity index (χ0v) is 36.5. The van der Waals surface area contributed by atoms with E-state index in [1.54, 1.807) is 12.5 Å². The Morgan fingerprint density at radius 3 is 2.07 bits per heavy atom. The summed E-state index contributed by atoms with van der Waals surface area (Å²) in [6.07, 6.45) is 3.08. The van der Waals surface area contributed by atoms with Gasteiger partial charge in [-0.25, -0.2) is 4.79 Å². The van der Waals surface area contributed by atoms with Crippen molar-refractivity contribution in [1.82, 2.24) is 36.5 Å². The van der Waals surface area contributed by atoms with Gasteiger partial charge in [0.2, 0.25) is 35.4 Å². The van der Waals surface area contributed by atoms with Crippen molar-refractivity contribution in [2.24, 2.45) is 17.4 Å². The first kappa shape index (κ1) is 50.6. The lowest BCUT2D eigenvalue weighted by Crippen LogP contribution is -2.62. The van der Waals surface area contributed by atoms with Crippen LogP contribution in [0.5, 0.6) is 0 Å². The first-order chi connectivity index (χ1) is 28.9. The Labute approximate surface area is 360 Å². The van der Waals surface area contributed by atoms with Gasteiger partial charge in [-0.15, -0.1) is 0 Å². The normalized spacial score (nSPS) is 17.9. The fraction of sp³-hybridized carbons (Fsp3) is 0.634. The molecule has 1 aliphatic rings. The van der Waals surface area contributed by atoms with Crippen LogP contribution in [-0.4, -0.2) is 146 Å². The Hall–Kier alpha value is -4.76. The summed E-state index contributed by atoms with van der Waals surface area (Å²) in [6.45, 7) is 6.79. The van der Waals surface area contributed by atoms with Gasteiger partial charge in [-0.3, -0.25) is 28.8 Å². The maximum Gasteiger partial charge on any atom is 0.326 e. The summed E-state index contributed by atoms with van der Waals surface area (Å²) in [5, 5.41) is 44.6. The molecule has 20 heteroatoms. The van der Waals surface area contributed by atoms with Gasteiger partial charge in [-0.2, -0.15) is 11.8 Å². The molecule has 0 aliphatic carbocycles. The molecule has 0 bridgehead atoms. The minimum Gasteiger partial charge on any atom is -0.480 e. The predicted molar refractivity (Wildman–Crippen MR) is 231 cm³/mol. The lowest BCUT2D eigenvalue weighted by molar-refractivity contribution is -0.144. The highest BCUT2D eigenvalue weighted by Crippen LogP contribution is 2.22. The van der Waals surface area contributed by atoms with Crippen LogP contribution in [0.2, 0.25) is 0 Å². The van der Waals surface area contributed by atoms with E-state index in [0.717, 1.165) is 10.9 Å². The number of hydrogen-bond acceptors (Lipinski definition) is 12. The number of thioether (sulfide) groups is 1. The quantitative estimate of drug-likeness (QED) is 0.0547. The number of H-pyrrole nitrogens is 1. The van der Waals surface area contributed by atoms with Gasteiger partial charge in [-0.1, -0.05) is 38.5 Å². The van der Waals surface area contributed by atoms with Crippen molar-refractivity contribution in [3.8, 4) is 0 Å². The lowest BCUT2D eigenvalue weighted by Gasteiger charge is -2.31. The van der Waals surface area contributed by atoms with Gasteiger partial charge in [0.25, 0.3) is 0 Å². The number of nitrogens with one attached hydrogen (secondary N) is 6. The highest BCUT2D eigenvalue weighted by atomic mass is 32.2. The first-order valence-electron chi connectivity index (χ1n) is 20.8. The number of aliphatic carboxylic acids is 1. The second kappa shape index (κ2) is 24.6. The molecule has 0 saturated carbocycles. The second-order valence-electron chi connectivity index (χ2n) is 16.0. The monoisotopic (exact) mass is 875 g/mol. The van der Waals surface area contributed by atoms with E-state index in [0.29, 0.717) is 37.1 Å². The molecule has 1 aromatic carbocycles. The number of aromatic nitrogens is 1. The van der Waals surface area contributed by atoms with Crippen LogP contribution in [0.3, 0.4) is 0 Å². The Kier molecular flexibility index (Phi) is 20.4. The van der Waals surface area contributed by atoms with Crippen molar-refractivity contribution in [1.29, 1.82) is 0 Å². The van der Waals surface area contributed by atoms with E-state index in [9.17, 15) is 48.9 Å². The van der Waals surface area contributed by atoms with E-state index in [1.165, 1.54) is 30.5 Å². The van der Waals surface area contributed by atoms with Crippen LogP contribution in [0, 0.1) is 5.92 Å². The number of fused-ring (bicyclic) bond motifs is 1. The predicted octanol–water partition coefficient (Wildman–Crippen LogP) is -0.773. The molecule has 3 rings (SSSR count). The molecule has 61 heavy (non-hydrogen) atoms. The van der Waals surface area contributed by atoms with Gasteiger partial charge in [-0.05, 0) is 88.5 Å². The molecule has 0 unspecified atom stereocenters. The number of carboxylic acids is 1. The number of unbranched alkanes of at least 4 members (excludes halogenated alkanes) is 1. The zero-order chi connectivity index (χ0) is 45.4. The Balaban J connectivity index is 1.74. The van der Waals surface area contributed by atoms with Crippen LogP contribution in [0.25, 0.3) is 10.9 Å². The van der Waals surface area contributed by atoms with Gasteiger partial charge >= 0.3 is 5.97 Å². The lowest BCUT2D eigenvalue weighted by atomic mass is 10.0. The molecular formula is C41H65N9O10S. The fourth-order valence-corrected chi connectivity index (χ4v) is 7.65. The number of nitrogens with zero attached hydrogens (tertiary/aromatic N) is 1. The number of amides is 6.